The van der Waals surface area contributed by atoms with Crippen molar-refractivity contribution < 1.29 is 9.53 Å². The van der Waals surface area contributed by atoms with Crippen molar-refractivity contribution in [3.8, 4) is 0 Å². The van der Waals surface area contributed by atoms with Crippen molar-refractivity contribution in [3.05, 3.63) is 16.1 Å². The smallest absolute Gasteiger partial charge is 0.305 e. The van der Waals surface area contributed by atoms with Gasteiger partial charge in [-0.3, -0.25) is 4.79 Å². The van der Waals surface area contributed by atoms with Crippen LogP contribution >= 0.6 is 11.3 Å². The van der Waals surface area contributed by atoms with E-state index < -0.39 is 0 Å². The molecule has 1 aromatic heterocycles. The molecule has 0 bridgehead atoms. The van der Waals surface area contributed by atoms with Crippen LogP contribution in [0.5, 0.6) is 0 Å². The minimum Gasteiger partial charge on any atom is -0.469 e. The minimum atomic E-state index is -0.166. The third kappa shape index (κ3) is 2.62. The summed E-state index contributed by atoms with van der Waals surface area (Å²) in [7, 11) is 1.40. The van der Waals surface area contributed by atoms with Crippen LogP contribution in [0.3, 0.4) is 0 Å². The molecule has 0 aliphatic heterocycles. The summed E-state index contributed by atoms with van der Waals surface area (Å²) in [6, 6.07) is 0. The molecule has 4 heteroatoms. The third-order valence-electron chi connectivity index (χ3n) is 1.47. The van der Waals surface area contributed by atoms with Crippen molar-refractivity contribution in [2.75, 3.05) is 7.11 Å². The monoisotopic (exact) mass is 185 g/mol. The molecule has 1 rings (SSSR count). The van der Waals surface area contributed by atoms with E-state index in [1.165, 1.54) is 7.11 Å². The molecule has 0 aliphatic rings. The molecule has 0 N–H and O–H groups in total. The molecular formula is C8H11NO2S. The van der Waals surface area contributed by atoms with Crippen molar-refractivity contribution in [3.63, 3.8) is 0 Å². The highest BCUT2D eigenvalue weighted by atomic mass is 32.1. The predicted molar refractivity (Wildman–Crippen MR) is 47.2 cm³/mol. The number of nitrogens with zero attached hydrogens (tertiary/aromatic N) is 1. The number of ether oxygens (including phenoxy) is 1. The SMILES string of the molecule is COC(=O)CCc1cnc(C)s1. The van der Waals surface area contributed by atoms with Gasteiger partial charge in [0.25, 0.3) is 0 Å². The average molecular weight is 185 g/mol. The molecule has 0 aromatic carbocycles. The number of methoxy groups -OCH3 is 1. The average Bonchev–Trinajstić information content (AvgIpc) is 2.47. The number of hydrogen-bond donors (Lipinski definition) is 0. The fraction of sp³-hybridized carbons (Fsp3) is 0.500. The van der Waals surface area contributed by atoms with Gasteiger partial charge in [-0.05, 0) is 13.3 Å². The summed E-state index contributed by atoms with van der Waals surface area (Å²) in [4.78, 5) is 16.0. The van der Waals surface area contributed by atoms with E-state index in [0.29, 0.717) is 6.42 Å². The highest BCUT2D eigenvalue weighted by Gasteiger charge is 2.03. The second-order valence-electron chi connectivity index (χ2n) is 2.42. The summed E-state index contributed by atoms with van der Waals surface area (Å²) in [5.41, 5.74) is 0. The molecule has 0 spiro atoms. The zero-order valence-electron chi connectivity index (χ0n) is 7.16. The minimum absolute atomic E-state index is 0.166. The van der Waals surface area contributed by atoms with Crippen molar-refractivity contribution in [2.24, 2.45) is 0 Å². The van der Waals surface area contributed by atoms with Crippen LogP contribution < -0.4 is 0 Å². The number of esters is 1. The molecule has 0 unspecified atom stereocenters. The lowest BCUT2D eigenvalue weighted by molar-refractivity contribution is -0.140. The van der Waals surface area contributed by atoms with Crippen molar-refractivity contribution in [2.45, 2.75) is 19.8 Å². The van der Waals surface area contributed by atoms with Crippen LogP contribution in [0, 0.1) is 6.92 Å². The molecule has 0 fully saturated rings. The van der Waals surface area contributed by atoms with Crippen molar-refractivity contribution >= 4 is 17.3 Å². The normalized spacial score (nSPS) is 9.83. The van der Waals surface area contributed by atoms with E-state index in [1.807, 2.05) is 13.1 Å². The number of thiazole rings is 1. The van der Waals surface area contributed by atoms with Crippen LogP contribution in [0.4, 0.5) is 0 Å². The first-order valence-corrected chi connectivity index (χ1v) is 4.52. The Morgan fingerprint density at radius 3 is 3.00 bits per heavy atom. The molecule has 66 valence electrons. The van der Waals surface area contributed by atoms with Crippen LogP contribution in [-0.2, 0) is 16.0 Å². The Balaban J connectivity index is 2.38. The van der Waals surface area contributed by atoms with Gasteiger partial charge in [0.2, 0.25) is 0 Å². The van der Waals surface area contributed by atoms with E-state index >= 15 is 0 Å². The topological polar surface area (TPSA) is 39.2 Å². The second kappa shape index (κ2) is 4.21. The lowest BCUT2D eigenvalue weighted by Crippen LogP contribution is -2.00. The number of carbonyl (C=O) groups is 1. The predicted octanol–water partition coefficient (Wildman–Crippen LogP) is 1.56. The molecule has 0 radical (unpaired) electrons. The van der Waals surface area contributed by atoms with Gasteiger partial charge in [0.05, 0.1) is 18.5 Å². The quantitative estimate of drug-likeness (QED) is 0.671. The summed E-state index contributed by atoms with van der Waals surface area (Å²) in [6.45, 7) is 1.95. The van der Waals surface area contributed by atoms with Crippen LogP contribution in [0.15, 0.2) is 6.20 Å². The lowest BCUT2D eigenvalue weighted by atomic mass is 10.3. The lowest BCUT2D eigenvalue weighted by Gasteiger charge is -1.95. The fourth-order valence-electron chi connectivity index (χ4n) is 0.848. The van der Waals surface area contributed by atoms with Gasteiger partial charge in [-0.1, -0.05) is 0 Å². The van der Waals surface area contributed by atoms with Crippen LogP contribution in [0.2, 0.25) is 0 Å². The number of hydrogen-bond acceptors (Lipinski definition) is 4. The zero-order chi connectivity index (χ0) is 8.97. The van der Waals surface area contributed by atoms with Gasteiger partial charge < -0.3 is 4.74 Å². The maximum absolute atomic E-state index is 10.8. The van der Waals surface area contributed by atoms with Gasteiger partial charge in [0.15, 0.2) is 0 Å². The summed E-state index contributed by atoms with van der Waals surface area (Å²) in [6.07, 6.45) is 2.99. The largest absolute Gasteiger partial charge is 0.469 e. The van der Waals surface area contributed by atoms with E-state index in [1.54, 1.807) is 11.3 Å². The highest BCUT2D eigenvalue weighted by molar-refractivity contribution is 7.11. The van der Waals surface area contributed by atoms with Gasteiger partial charge in [-0.2, -0.15) is 0 Å². The Labute approximate surface area is 75.4 Å². The van der Waals surface area contributed by atoms with Crippen molar-refractivity contribution in [1.82, 2.24) is 4.98 Å². The van der Waals surface area contributed by atoms with E-state index in [9.17, 15) is 4.79 Å². The van der Waals surface area contributed by atoms with Gasteiger partial charge in [0.1, 0.15) is 0 Å². The molecule has 0 saturated heterocycles. The molecule has 1 heterocycles. The fourth-order valence-corrected chi connectivity index (χ4v) is 1.64. The molecule has 3 nitrogen and oxygen atoms in total. The number of aryl methyl sites for hydroxylation is 2. The molecule has 0 saturated carbocycles. The molecular weight excluding hydrogens is 174 g/mol. The first kappa shape index (κ1) is 9.19. The van der Waals surface area contributed by atoms with Crippen LogP contribution in [0.25, 0.3) is 0 Å². The summed E-state index contributed by atoms with van der Waals surface area (Å²) in [5.74, 6) is -0.166. The Kier molecular flexibility index (Phi) is 3.22. The molecule has 0 atom stereocenters. The van der Waals surface area contributed by atoms with E-state index in [2.05, 4.69) is 9.72 Å². The Bertz CT molecular complexity index is 270. The Hall–Kier alpha value is -0.900. The van der Waals surface area contributed by atoms with Gasteiger partial charge in [0, 0.05) is 11.1 Å². The zero-order valence-corrected chi connectivity index (χ0v) is 7.98. The first-order chi connectivity index (χ1) is 5.72. The molecule has 12 heavy (non-hydrogen) atoms. The number of rotatable bonds is 3. The van der Waals surface area contributed by atoms with E-state index in [-0.39, 0.29) is 5.97 Å². The first-order valence-electron chi connectivity index (χ1n) is 3.70. The van der Waals surface area contributed by atoms with Crippen LogP contribution in [0.1, 0.15) is 16.3 Å². The summed E-state index contributed by atoms with van der Waals surface area (Å²) >= 11 is 1.62. The maximum Gasteiger partial charge on any atom is 0.305 e. The Morgan fingerprint density at radius 1 is 1.75 bits per heavy atom. The van der Waals surface area contributed by atoms with Gasteiger partial charge >= 0.3 is 5.97 Å². The maximum atomic E-state index is 10.8. The summed E-state index contributed by atoms with van der Waals surface area (Å²) < 4.78 is 4.52. The second-order valence-corrected chi connectivity index (χ2v) is 3.74. The molecule has 1 aromatic rings. The molecule has 0 amide bonds. The molecule has 0 aliphatic carbocycles. The number of aromatic nitrogens is 1. The van der Waals surface area contributed by atoms with E-state index in [4.69, 9.17) is 0 Å². The number of carbonyl (C=O) groups excluding carboxylic acids is 1. The van der Waals surface area contributed by atoms with E-state index in [0.717, 1.165) is 16.3 Å². The highest BCUT2D eigenvalue weighted by Crippen LogP contribution is 2.13. The van der Waals surface area contributed by atoms with Crippen molar-refractivity contribution in [1.29, 1.82) is 0 Å². The standard InChI is InChI=1S/C8H11NO2S/c1-6-9-5-7(12-6)3-4-8(10)11-2/h5H,3-4H2,1-2H3. The van der Waals surface area contributed by atoms with Crippen LogP contribution in [-0.4, -0.2) is 18.1 Å². The Morgan fingerprint density at radius 2 is 2.50 bits per heavy atom. The van der Waals surface area contributed by atoms with Gasteiger partial charge in [-0.25, -0.2) is 4.98 Å². The summed E-state index contributed by atoms with van der Waals surface area (Å²) in [5, 5.41) is 1.04. The van der Waals surface area contributed by atoms with Gasteiger partial charge in [-0.15, -0.1) is 11.3 Å². The third-order valence-corrected chi connectivity index (χ3v) is 2.44.